The van der Waals surface area contributed by atoms with Gasteiger partial charge >= 0.3 is 0 Å². The average Bonchev–Trinajstić information content (AvgIpc) is 2.58. The lowest BCUT2D eigenvalue weighted by Gasteiger charge is -2.26. The fraction of sp³-hybridized carbons (Fsp3) is 0.533. The van der Waals surface area contributed by atoms with Crippen LogP contribution in [0.3, 0.4) is 0 Å². The Labute approximate surface area is 173 Å². The molecule has 25 heavy (non-hydrogen) atoms. The smallest absolute Gasteiger partial charge is 0.251 e. The van der Waals surface area contributed by atoms with Gasteiger partial charge in [-0.15, -0.1) is 0 Å². The molecule has 10 heteroatoms. The van der Waals surface area contributed by atoms with Crippen LogP contribution in [0.15, 0.2) is 29.2 Å². The van der Waals surface area contributed by atoms with Crippen LogP contribution in [0.1, 0.15) is 16.8 Å². The predicted octanol–water partition coefficient (Wildman–Crippen LogP) is 2.71. The molecule has 1 aromatic rings. The van der Waals surface area contributed by atoms with E-state index in [-0.39, 0.29) is 10.8 Å². The summed E-state index contributed by atoms with van der Waals surface area (Å²) in [5.74, 6) is -0.289. The molecule has 0 atom stereocenters. The first-order chi connectivity index (χ1) is 11.7. The van der Waals surface area contributed by atoms with Crippen LogP contribution < -0.4 is 5.32 Å². The normalized spacial score (nSPS) is 16.6. The zero-order valence-electron chi connectivity index (χ0n) is 13.4. The number of carbonyl (C=O) groups is 1. The van der Waals surface area contributed by atoms with Crippen molar-refractivity contribution in [1.82, 2.24) is 10.2 Å². The van der Waals surface area contributed by atoms with Crippen LogP contribution >= 0.6 is 47.8 Å². The molecule has 1 heterocycles. The molecule has 0 spiro atoms. The van der Waals surface area contributed by atoms with Crippen molar-refractivity contribution in [2.75, 3.05) is 39.4 Å². The third-order valence-corrected chi connectivity index (χ3v) is 9.07. The molecule has 1 aliphatic heterocycles. The highest BCUT2D eigenvalue weighted by molar-refractivity contribution is 9.42. The molecule has 1 aliphatic rings. The first-order valence-corrected chi connectivity index (χ1v) is 11.6. The first kappa shape index (κ1) is 21.3. The Kier molecular flexibility index (Phi) is 7.90. The molecule has 6 nitrogen and oxygen atoms in total. The summed E-state index contributed by atoms with van der Waals surface area (Å²) >= 11 is 9.06. The van der Waals surface area contributed by atoms with E-state index < -0.39 is 11.3 Å². The van der Waals surface area contributed by atoms with Crippen LogP contribution in [0.4, 0.5) is 0 Å². The molecule has 1 fully saturated rings. The van der Waals surface area contributed by atoms with Gasteiger partial charge < -0.3 is 10.1 Å². The van der Waals surface area contributed by atoms with Gasteiger partial charge in [-0.1, -0.05) is 6.07 Å². The minimum absolute atomic E-state index is 0.0408. The number of halogens is 3. The van der Waals surface area contributed by atoms with E-state index in [1.165, 1.54) is 12.1 Å². The molecule has 2 rings (SSSR count). The van der Waals surface area contributed by atoms with Crippen molar-refractivity contribution in [3.8, 4) is 0 Å². The van der Waals surface area contributed by atoms with Gasteiger partial charge in [-0.25, -0.2) is 8.42 Å². The molecule has 1 aromatic carbocycles. The van der Waals surface area contributed by atoms with Crippen LogP contribution in [-0.2, 0) is 14.6 Å². The highest BCUT2D eigenvalue weighted by Gasteiger charge is 2.37. The second kappa shape index (κ2) is 9.27. The van der Waals surface area contributed by atoms with Crippen molar-refractivity contribution >= 4 is 63.5 Å². The number of nitrogens with one attached hydrogen (secondary N) is 1. The van der Waals surface area contributed by atoms with Crippen LogP contribution in [0.25, 0.3) is 0 Å². The van der Waals surface area contributed by atoms with Crippen molar-refractivity contribution in [3.63, 3.8) is 0 Å². The van der Waals surface area contributed by atoms with Gasteiger partial charge in [-0.3, -0.25) is 9.69 Å². The Hall–Kier alpha value is 0.000000000000000111. The molecule has 0 unspecified atom stereocenters. The number of sulfone groups is 1. The lowest BCUT2D eigenvalue weighted by Crippen LogP contribution is -2.38. The summed E-state index contributed by atoms with van der Waals surface area (Å²) in [4.78, 5) is 14.6. The average molecular weight is 563 g/mol. The van der Waals surface area contributed by atoms with Gasteiger partial charge in [0.25, 0.3) is 5.91 Å². The highest BCUT2D eigenvalue weighted by atomic mass is 80.0. The second-order valence-electron chi connectivity index (χ2n) is 5.54. The largest absolute Gasteiger partial charge is 0.379 e. The van der Waals surface area contributed by atoms with Gasteiger partial charge in [0.05, 0.1) is 18.1 Å². The summed E-state index contributed by atoms with van der Waals surface area (Å²) in [6.45, 7) is 4.78. The number of benzene rings is 1. The predicted molar refractivity (Wildman–Crippen MR) is 107 cm³/mol. The number of hydrogen-bond acceptors (Lipinski definition) is 5. The minimum atomic E-state index is -3.72. The Bertz CT molecular complexity index is 701. The topological polar surface area (TPSA) is 75.7 Å². The number of amides is 1. The standard InChI is InChI=1S/C15H19Br3N2O4S/c16-15(17,18)25(22,23)13-4-1-3-12(11-13)14(21)19-5-2-6-20-7-9-24-10-8-20/h1,3-4,11H,2,5-10H2,(H,19,21). The Morgan fingerprint density at radius 3 is 2.56 bits per heavy atom. The van der Waals surface area contributed by atoms with Crippen LogP contribution in [0.5, 0.6) is 0 Å². The van der Waals surface area contributed by atoms with Gasteiger partial charge in [0.2, 0.25) is 11.3 Å². The maximum absolute atomic E-state index is 12.4. The van der Waals surface area contributed by atoms with Crippen LogP contribution in [0, 0.1) is 0 Å². The van der Waals surface area contributed by atoms with E-state index in [2.05, 4.69) is 58.0 Å². The minimum Gasteiger partial charge on any atom is -0.379 e. The molecular formula is C15H19Br3N2O4S. The maximum atomic E-state index is 12.4. The first-order valence-electron chi connectivity index (χ1n) is 7.71. The molecule has 0 bridgehead atoms. The van der Waals surface area contributed by atoms with E-state index in [0.717, 1.165) is 39.3 Å². The third-order valence-electron chi connectivity index (χ3n) is 3.75. The molecule has 140 valence electrons. The van der Waals surface area contributed by atoms with E-state index >= 15 is 0 Å². The molecule has 1 saturated heterocycles. The zero-order chi connectivity index (χ0) is 18.5. The van der Waals surface area contributed by atoms with Crippen LogP contribution in [-0.4, -0.2) is 60.1 Å². The summed E-state index contributed by atoms with van der Waals surface area (Å²) in [6.07, 6.45) is 0.830. The summed E-state index contributed by atoms with van der Waals surface area (Å²) in [5.41, 5.74) is 0.309. The zero-order valence-corrected chi connectivity index (χ0v) is 19.0. The van der Waals surface area contributed by atoms with Gasteiger partial charge in [0.15, 0.2) is 0 Å². The molecule has 0 aliphatic carbocycles. The van der Waals surface area contributed by atoms with Gasteiger partial charge in [-0.05, 0) is 79.0 Å². The molecular weight excluding hydrogens is 544 g/mol. The number of rotatable bonds is 6. The number of nitrogens with zero attached hydrogens (tertiary/aromatic N) is 1. The fourth-order valence-electron chi connectivity index (χ4n) is 2.37. The quantitative estimate of drug-likeness (QED) is 0.426. The van der Waals surface area contributed by atoms with E-state index in [4.69, 9.17) is 4.74 Å². The van der Waals surface area contributed by atoms with Crippen molar-refractivity contribution in [3.05, 3.63) is 29.8 Å². The number of carbonyl (C=O) groups excluding carboxylic acids is 1. The summed E-state index contributed by atoms with van der Waals surface area (Å²) in [7, 11) is -3.72. The lowest BCUT2D eigenvalue weighted by molar-refractivity contribution is 0.0374. The monoisotopic (exact) mass is 560 g/mol. The van der Waals surface area contributed by atoms with E-state index in [9.17, 15) is 13.2 Å². The molecule has 1 amide bonds. The van der Waals surface area contributed by atoms with Crippen molar-refractivity contribution in [1.29, 1.82) is 0 Å². The molecule has 0 radical (unpaired) electrons. The number of alkyl halides is 3. The maximum Gasteiger partial charge on any atom is 0.251 e. The van der Waals surface area contributed by atoms with Crippen molar-refractivity contribution in [2.24, 2.45) is 0 Å². The lowest BCUT2D eigenvalue weighted by atomic mass is 10.2. The number of morpholine rings is 1. The number of ether oxygens (including phenoxy) is 1. The summed E-state index contributed by atoms with van der Waals surface area (Å²) < 4.78 is 28.6. The Morgan fingerprint density at radius 2 is 1.92 bits per heavy atom. The van der Waals surface area contributed by atoms with Crippen LogP contribution in [0.2, 0.25) is 0 Å². The molecule has 0 aromatic heterocycles. The SMILES string of the molecule is O=C(NCCCN1CCOCC1)c1cccc(S(=O)(=O)C(Br)(Br)Br)c1. The second-order valence-corrected chi connectivity index (χ2v) is 16.0. The van der Waals surface area contributed by atoms with Gasteiger partial charge in [0, 0.05) is 25.2 Å². The Morgan fingerprint density at radius 1 is 1.24 bits per heavy atom. The molecule has 1 N–H and O–H groups in total. The Balaban J connectivity index is 1.90. The van der Waals surface area contributed by atoms with Crippen molar-refractivity contribution < 1.29 is 17.9 Å². The van der Waals surface area contributed by atoms with E-state index in [0.29, 0.717) is 12.1 Å². The summed E-state index contributed by atoms with van der Waals surface area (Å²) in [6, 6.07) is 5.96. The third kappa shape index (κ3) is 6.00. The fourth-order valence-corrected chi connectivity index (χ4v) is 4.86. The van der Waals surface area contributed by atoms with Gasteiger partial charge in [0.1, 0.15) is 0 Å². The number of hydrogen-bond donors (Lipinski definition) is 1. The highest BCUT2D eigenvalue weighted by Crippen LogP contribution is 2.43. The van der Waals surface area contributed by atoms with Gasteiger partial charge in [-0.2, -0.15) is 0 Å². The van der Waals surface area contributed by atoms with E-state index in [1.54, 1.807) is 12.1 Å². The van der Waals surface area contributed by atoms with Crippen molar-refractivity contribution in [2.45, 2.75) is 12.8 Å². The summed E-state index contributed by atoms with van der Waals surface area (Å²) in [5, 5.41) is 2.83. The van der Waals surface area contributed by atoms with E-state index in [1.807, 2.05) is 0 Å². The molecule has 0 saturated carbocycles.